The molecule has 0 saturated carbocycles. The van der Waals surface area contributed by atoms with Gasteiger partial charge in [0.15, 0.2) is 5.82 Å². The Bertz CT molecular complexity index is 485. The highest BCUT2D eigenvalue weighted by Crippen LogP contribution is 2.20. The number of nitrogens with zero attached hydrogens (tertiary/aromatic N) is 4. The van der Waals surface area contributed by atoms with Crippen molar-refractivity contribution in [2.45, 2.75) is 39.2 Å². The first kappa shape index (κ1) is 16.5. The average molecular weight is 306 g/mol. The maximum atomic E-state index is 12.4. The summed E-state index contributed by atoms with van der Waals surface area (Å²) in [5.41, 5.74) is 0. The van der Waals surface area contributed by atoms with Crippen molar-refractivity contribution in [3.05, 3.63) is 12.1 Å². The van der Waals surface area contributed by atoms with Crippen molar-refractivity contribution in [2.24, 2.45) is 5.92 Å². The van der Waals surface area contributed by atoms with Gasteiger partial charge in [-0.3, -0.25) is 4.79 Å². The number of carbonyl (C=O) groups excluding carboxylic acids is 1. The lowest BCUT2D eigenvalue weighted by Crippen LogP contribution is -2.35. The summed E-state index contributed by atoms with van der Waals surface area (Å²) in [4.78, 5) is 16.2. The van der Waals surface area contributed by atoms with Crippen LogP contribution in [0.3, 0.4) is 0 Å². The van der Waals surface area contributed by atoms with E-state index in [-0.39, 0.29) is 17.9 Å². The van der Waals surface area contributed by atoms with Gasteiger partial charge in [-0.15, -0.1) is 10.2 Å². The molecule has 2 rings (SSSR count). The molecule has 0 N–H and O–H groups in total. The van der Waals surface area contributed by atoms with Crippen LogP contribution in [0.1, 0.15) is 33.1 Å². The van der Waals surface area contributed by atoms with Crippen LogP contribution in [-0.4, -0.2) is 54.3 Å². The Balaban J connectivity index is 1.89. The Labute approximate surface area is 132 Å². The van der Waals surface area contributed by atoms with Gasteiger partial charge in [0.05, 0.1) is 6.54 Å². The molecule has 122 valence electrons. The van der Waals surface area contributed by atoms with Crippen molar-refractivity contribution in [1.29, 1.82) is 0 Å². The molecule has 1 amide bonds. The van der Waals surface area contributed by atoms with E-state index in [9.17, 15) is 4.79 Å². The Morgan fingerprint density at radius 3 is 2.64 bits per heavy atom. The first-order chi connectivity index (χ1) is 10.5. The van der Waals surface area contributed by atoms with Crippen molar-refractivity contribution in [3.8, 4) is 5.88 Å². The van der Waals surface area contributed by atoms with Crippen molar-refractivity contribution in [3.63, 3.8) is 0 Å². The van der Waals surface area contributed by atoms with E-state index >= 15 is 0 Å². The predicted octanol–water partition coefficient (Wildman–Crippen LogP) is 1.96. The Morgan fingerprint density at radius 1 is 1.36 bits per heavy atom. The molecular formula is C16H26N4O2. The number of anilines is 1. The highest BCUT2D eigenvalue weighted by atomic mass is 16.5. The molecule has 0 aromatic carbocycles. The van der Waals surface area contributed by atoms with Gasteiger partial charge in [-0.05, 0) is 18.9 Å². The fraction of sp³-hybridized carbons (Fsp3) is 0.688. The summed E-state index contributed by atoms with van der Waals surface area (Å²) in [5, 5.41) is 8.18. The third-order valence-corrected chi connectivity index (χ3v) is 4.16. The van der Waals surface area contributed by atoms with Crippen LogP contribution >= 0.6 is 0 Å². The second kappa shape index (κ2) is 7.42. The van der Waals surface area contributed by atoms with Crippen molar-refractivity contribution in [2.75, 3.05) is 32.1 Å². The maximum absolute atomic E-state index is 12.4. The SMILES string of the molecule is CCC(CC)C(=O)N1CCC(Oc2ccc(N(C)C)nn2)C1. The Morgan fingerprint density at radius 2 is 2.09 bits per heavy atom. The number of rotatable bonds is 6. The lowest BCUT2D eigenvalue weighted by atomic mass is 10.0. The Kier molecular flexibility index (Phi) is 5.57. The topological polar surface area (TPSA) is 58.6 Å². The Hall–Kier alpha value is -1.85. The average Bonchev–Trinajstić information content (AvgIpc) is 2.97. The van der Waals surface area contributed by atoms with Crippen molar-refractivity contribution < 1.29 is 9.53 Å². The van der Waals surface area contributed by atoms with Crippen molar-refractivity contribution in [1.82, 2.24) is 15.1 Å². The fourth-order valence-electron chi connectivity index (χ4n) is 2.71. The van der Waals surface area contributed by atoms with E-state index in [2.05, 4.69) is 24.0 Å². The van der Waals surface area contributed by atoms with Crippen LogP contribution in [0, 0.1) is 5.92 Å². The molecule has 6 heteroatoms. The number of likely N-dealkylation sites (tertiary alicyclic amines) is 1. The van der Waals surface area contributed by atoms with E-state index in [1.807, 2.05) is 36.0 Å². The van der Waals surface area contributed by atoms with Gasteiger partial charge in [0.25, 0.3) is 0 Å². The monoisotopic (exact) mass is 306 g/mol. The summed E-state index contributed by atoms with van der Waals surface area (Å²) in [6, 6.07) is 3.71. The number of ether oxygens (including phenoxy) is 1. The van der Waals surface area contributed by atoms with E-state index in [0.29, 0.717) is 12.4 Å². The summed E-state index contributed by atoms with van der Waals surface area (Å²) in [6.45, 7) is 5.55. The summed E-state index contributed by atoms with van der Waals surface area (Å²) in [7, 11) is 3.84. The molecule has 1 atom stereocenters. The van der Waals surface area contributed by atoms with Gasteiger partial charge in [0.1, 0.15) is 6.10 Å². The largest absolute Gasteiger partial charge is 0.471 e. The smallest absolute Gasteiger partial charge is 0.233 e. The van der Waals surface area contributed by atoms with Crippen LogP contribution in [0.5, 0.6) is 5.88 Å². The number of hydrogen-bond acceptors (Lipinski definition) is 5. The maximum Gasteiger partial charge on any atom is 0.233 e. The molecule has 1 fully saturated rings. The van der Waals surface area contributed by atoms with E-state index in [1.165, 1.54) is 0 Å². The number of hydrogen-bond donors (Lipinski definition) is 0. The van der Waals surface area contributed by atoms with Crippen LogP contribution in [0.4, 0.5) is 5.82 Å². The normalized spacial score (nSPS) is 17.9. The number of amides is 1. The minimum absolute atomic E-state index is 0.0119. The molecule has 22 heavy (non-hydrogen) atoms. The van der Waals surface area contributed by atoms with Crippen LogP contribution in [0.2, 0.25) is 0 Å². The first-order valence-corrected chi connectivity index (χ1v) is 8.01. The van der Waals surface area contributed by atoms with E-state index in [4.69, 9.17) is 4.74 Å². The minimum Gasteiger partial charge on any atom is -0.471 e. The lowest BCUT2D eigenvalue weighted by molar-refractivity contribution is -0.134. The molecule has 0 spiro atoms. The molecule has 1 aromatic heterocycles. The van der Waals surface area contributed by atoms with Gasteiger partial charge in [0, 0.05) is 39.0 Å². The summed E-state index contributed by atoms with van der Waals surface area (Å²) < 4.78 is 5.85. The molecule has 0 aliphatic carbocycles. The molecular weight excluding hydrogens is 280 g/mol. The molecule has 1 aliphatic rings. The molecule has 0 radical (unpaired) electrons. The predicted molar refractivity (Wildman–Crippen MR) is 86.0 cm³/mol. The van der Waals surface area contributed by atoms with Gasteiger partial charge < -0.3 is 14.5 Å². The van der Waals surface area contributed by atoms with E-state index in [0.717, 1.165) is 31.6 Å². The third-order valence-electron chi connectivity index (χ3n) is 4.16. The quantitative estimate of drug-likeness (QED) is 0.804. The van der Waals surface area contributed by atoms with Crippen LogP contribution in [0.25, 0.3) is 0 Å². The van der Waals surface area contributed by atoms with Gasteiger partial charge in [0.2, 0.25) is 11.8 Å². The van der Waals surface area contributed by atoms with Gasteiger partial charge >= 0.3 is 0 Å². The molecule has 1 saturated heterocycles. The van der Waals surface area contributed by atoms with Crippen molar-refractivity contribution >= 4 is 11.7 Å². The van der Waals surface area contributed by atoms with Gasteiger partial charge in [-0.25, -0.2) is 0 Å². The highest BCUT2D eigenvalue weighted by Gasteiger charge is 2.30. The zero-order chi connectivity index (χ0) is 16.1. The summed E-state index contributed by atoms with van der Waals surface area (Å²) in [5.74, 6) is 1.71. The molecule has 6 nitrogen and oxygen atoms in total. The molecule has 0 bridgehead atoms. The zero-order valence-corrected chi connectivity index (χ0v) is 14.0. The number of aromatic nitrogens is 2. The van der Waals surface area contributed by atoms with Crippen LogP contribution in [0.15, 0.2) is 12.1 Å². The fourth-order valence-corrected chi connectivity index (χ4v) is 2.71. The summed E-state index contributed by atoms with van der Waals surface area (Å²) in [6.07, 6.45) is 2.66. The number of carbonyl (C=O) groups is 1. The molecule has 1 unspecified atom stereocenters. The van der Waals surface area contributed by atoms with E-state index < -0.39 is 0 Å². The second-order valence-corrected chi connectivity index (χ2v) is 5.95. The second-order valence-electron chi connectivity index (χ2n) is 5.95. The zero-order valence-electron chi connectivity index (χ0n) is 14.0. The van der Waals surface area contributed by atoms with Crippen LogP contribution in [-0.2, 0) is 4.79 Å². The van der Waals surface area contributed by atoms with Crippen LogP contribution < -0.4 is 9.64 Å². The summed E-state index contributed by atoms with van der Waals surface area (Å²) >= 11 is 0. The molecule has 1 aromatic rings. The van der Waals surface area contributed by atoms with E-state index in [1.54, 1.807) is 0 Å². The first-order valence-electron chi connectivity index (χ1n) is 8.01. The molecule has 2 heterocycles. The minimum atomic E-state index is 0.0119. The van der Waals surface area contributed by atoms with Gasteiger partial charge in [-0.2, -0.15) is 0 Å². The third kappa shape index (κ3) is 3.87. The lowest BCUT2D eigenvalue weighted by Gasteiger charge is -2.21. The highest BCUT2D eigenvalue weighted by molar-refractivity contribution is 5.79. The van der Waals surface area contributed by atoms with Gasteiger partial charge in [-0.1, -0.05) is 13.8 Å². The standard InChI is InChI=1S/C16H26N4O2/c1-5-12(6-2)16(21)20-10-9-13(11-20)22-15-8-7-14(17-18-15)19(3)4/h7-8,12-13H,5-6,9-11H2,1-4H3. The molecule has 1 aliphatic heterocycles.